The Kier molecular flexibility index (Phi) is 4.87. The highest BCUT2D eigenvalue weighted by Gasteiger charge is 2.30. The Hall–Kier alpha value is -1.02. The van der Waals surface area contributed by atoms with Crippen LogP contribution in [-0.2, 0) is 0 Å². The van der Waals surface area contributed by atoms with Gasteiger partial charge in [0.05, 0.1) is 13.2 Å². The summed E-state index contributed by atoms with van der Waals surface area (Å²) in [5.74, 6) is 1.99. The number of aliphatic hydroxyl groups excluding tert-OH is 1. The van der Waals surface area contributed by atoms with Crippen LogP contribution in [0, 0.1) is 18.8 Å². The Morgan fingerprint density at radius 2 is 2.05 bits per heavy atom. The number of aliphatic hydroxyl groups is 1. The Labute approximate surface area is 116 Å². The van der Waals surface area contributed by atoms with Crippen LogP contribution in [-0.4, -0.2) is 12.2 Å². The molecule has 1 aromatic carbocycles. The van der Waals surface area contributed by atoms with E-state index in [1.54, 1.807) is 7.11 Å². The van der Waals surface area contributed by atoms with Gasteiger partial charge in [-0.3, -0.25) is 0 Å². The van der Waals surface area contributed by atoms with Crippen LogP contribution >= 0.6 is 0 Å². The molecule has 19 heavy (non-hydrogen) atoms. The molecule has 0 aromatic heterocycles. The molecule has 1 N–H and O–H groups in total. The number of aryl methyl sites for hydroxylation is 1. The minimum atomic E-state index is -0.324. The third-order valence-electron chi connectivity index (χ3n) is 4.66. The first kappa shape index (κ1) is 14.4. The molecule has 3 unspecified atom stereocenters. The molecule has 0 amide bonds. The molecular weight excluding hydrogens is 236 g/mol. The summed E-state index contributed by atoms with van der Waals surface area (Å²) in [6, 6.07) is 6.06. The SMILES string of the molecule is CCC1CCCCC1C(O)c1ccc(OC)c(C)c1. The summed E-state index contributed by atoms with van der Waals surface area (Å²) in [5.41, 5.74) is 2.14. The lowest BCUT2D eigenvalue weighted by Gasteiger charge is -2.34. The van der Waals surface area contributed by atoms with Crippen LogP contribution in [0.1, 0.15) is 56.3 Å². The number of hydrogen-bond donors (Lipinski definition) is 1. The highest BCUT2D eigenvalue weighted by atomic mass is 16.5. The van der Waals surface area contributed by atoms with Gasteiger partial charge in [0.15, 0.2) is 0 Å². The average Bonchev–Trinajstić information content (AvgIpc) is 2.46. The number of rotatable bonds is 4. The first-order valence-electron chi connectivity index (χ1n) is 7.50. The largest absolute Gasteiger partial charge is 0.496 e. The van der Waals surface area contributed by atoms with Crippen molar-refractivity contribution in [1.29, 1.82) is 0 Å². The van der Waals surface area contributed by atoms with Crippen LogP contribution < -0.4 is 4.74 Å². The van der Waals surface area contributed by atoms with Gasteiger partial charge in [-0.05, 0) is 48.4 Å². The van der Waals surface area contributed by atoms with Gasteiger partial charge in [0.1, 0.15) is 5.75 Å². The Balaban J connectivity index is 2.17. The maximum Gasteiger partial charge on any atom is 0.121 e. The molecule has 1 aromatic rings. The standard InChI is InChI=1S/C17H26O2/c1-4-13-7-5-6-8-15(13)17(18)14-9-10-16(19-3)12(2)11-14/h9-11,13,15,17-18H,4-8H2,1-3H3. The fourth-order valence-electron chi connectivity index (χ4n) is 3.49. The molecule has 0 saturated heterocycles. The topological polar surface area (TPSA) is 29.5 Å². The van der Waals surface area contributed by atoms with E-state index in [9.17, 15) is 5.11 Å². The predicted molar refractivity (Wildman–Crippen MR) is 78.4 cm³/mol. The van der Waals surface area contributed by atoms with E-state index in [-0.39, 0.29) is 6.10 Å². The van der Waals surface area contributed by atoms with E-state index < -0.39 is 0 Å². The first-order valence-corrected chi connectivity index (χ1v) is 7.50. The Bertz CT molecular complexity index is 414. The maximum absolute atomic E-state index is 10.7. The summed E-state index contributed by atoms with van der Waals surface area (Å²) in [5, 5.41) is 10.7. The second-order valence-electron chi connectivity index (χ2n) is 5.79. The summed E-state index contributed by atoms with van der Waals surface area (Å²) < 4.78 is 5.29. The van der Waals surface area contributed by atoms with Gasteiger partial charge in [0.25, 0.3) is 0 Å². The third-order valence-corrected chi connectivity index (χ3v) is 4.66. The van der Waals surface area contributed by atoms with Crippen molar-refractivity contribution in [3.8, 4) is 5.75 Å². The van der Waals surface area contributed by atoms with Crippen LogP contribution in [0.2, 0.25) is 0 Å². The molecule has 2 rings (SSSR count). The van der Waals surface area contributed by atoms with E-state index in [4.69, 9.17) is 4.74 Å². The summed E-state index contributed by atoms with van der Waals surface area (Å²) in [6.07, 6.45) is 5.86. The molecule has 1 aliphatic rings. The second-order valence-corrected chi connectivity index (χ2v) is 5.79. The first-order chi connectivity index (χ1) is 9.17. The summed E-state index contributed by atoms with van der Waals surface area (Å²) in [4.78, 5) is 0. The molecular formula is C17H26O2. The van der Waals surface area contributed by atoms with Crippen LogP contribution in [0.15, 0.2) is 18.2 Å². The number of ether oxygens (including phenoxy) is 1. The van der Waals surface area contributed by atoms with Gasteiger partial charge in [0, 0.05) is 0 Å². The van der Waals surface area contributed by atoms with Crippen LogP contribution in [0.3, 0.4) is 0 Å². The predicted octanol–water partition coefficient (Wildman–Crippen LogP) is 4.25. The lowest BCUT2D eigenvalue weighted by molar-refractivity contribution is 0.0451. The smallest absolute Gasteiger partial charge is 0.121 e. The van der Waals surface area contributed by atoms with E-state index in [1.165, 1.54) is 25.7 Å². The lowest BCUT2D eigenvalue weighted by Crippen LogP contribution is -2.25. The van der Waals surface area contributed by atoms with Crippen molar-refractivity contribution in [3.05, 3.63) is 29.3 Å². The van der Waals surface area contributed by atoms with Crippen molar-refractivity contribution < 1.29 is 9.84 Å². The summed E-state index contributed by atoms with van der Waals surface area (Å²) in [6.45, 7) is 4.28. The molecule has 2 nitrogen and oxygen atoms in total. The third kappa shape index (κ3) is 3.11. The van der Waals surface area contributed by atoms with Gasteiger partial charge in [0.2, 0.25) is 0 Å². The zero-order valence-electron chi connectivity index (χ0n) is 12.4. The molecule has 1 fully saturated rings. The van der Waals surface area contributed by atoms with Crippen molar-refractivity contribution in [2.75, 3.05) is 7.11 Å². The highest BCUT2D eigenvalue weighted by molar-refractivity contribution is 5.37. The van der Waals surface area contributed by atoms with Gasteiger partial charge in [-0.25, -0.2) is 0 Å². The van der Waals surface area contributed by atoms with E-state index in [0.717, 1.165) is 23.3 Å². The van der Waals surface area contributed by atoms with Crippen molar-refractivity contribution in [1.82, 2.24) is 0 Å². The molecule has 0 spiro atoms. The zero-order chi connectivity index (χ0) is 13.8. The fraction of sp³-hybridized carbons (Fsp3) is 0.647. The molecule has 0 radical (unpaired) electrons. The number of benzene rings is 1. The van der Waals surface area contributed by atoms with Crippen LogP contribution in [0.5, 0.6) is 5.75 Å². The van der Waals surface area contributed by atoms with Crippen LogP contribution in [0.25, 0.3) is 0 Å². The quantitative estimate of drug-likeness (QED) is 0.878. The van der Waals surface area contributed by atoms with Gasteiger partial charge >= 0.3 is 0 Å². The zero-order valence-corrected chi connectivity index (χ0v) is 12.4. The Morgan fingerprint density at radius 1 is 1.32 bits per heavy atom. The molecule has 3 atom stereocenters. The number of methoxy groups -OCH3 is 1. The van der Waals surface area contributed by atoms with Crippen molar-refractivity contribution >= 4 is 0 Å². The van der Waals surface area contributed by atoms with Gasteiger partial charge in [-0.1, -0.05) is 38.7 Å². The van der Waals surface area contributed by atoms with E-state index in [2.05, 4.69) is 13.0 Å². The van der Waals surface area contributed by atoms with Crippen molar-refractivity contribution in [2.24, 2.45) is 11.8 Å². The molecule has 2 heteroatoms. The molecule has 1 aliphatic carbocycles. The molecule has 106 valence electrons. The maximum atomic E-state index is 10.7. The normalized spacial score (nSPS) is 25.1. The Morgan fingerprint density at radius 3 is 2.68 bits per heavy atom. The van der Waals surface area contributed by atoms with E-state index >= 15 is 0 Å². The fourth-order valence-corrected chi connectivity index (χ4v) is 3.49. The molecule has 1 saturated carbocycles. The van der Waals surface area contributed by atoms with Crippen molar-refractivity contribution in [3.63, 3.8) is 0 Å². The molecule has 0 heterocycles. The summed E-state index contributed by atoms with van der Waals surface area (Å²) >= 11 is 0. The van der Waals surface area contributed by atoms with Gasteiger partial charge in [-0.15, -0.1) is 0 Å². The highest BCUT2D eigenvalue weighted by Crippen LogP contribution is 2.40. The van der Waals surface area contributed by atoms with E-state index in [1.807, 2.05) is 19.1 Å². The monoisotopic (exact) mass is 262 g/mol. The molecule has 0 aliphatic heterocycles. The van der Waals surface area contributed by atoms with Gasteiger partial charge in [-0.2, -0.15) is 0 Å². The lowest BCUT2D eigenvalue weighted by atomic mass is 9.73. The minimum Gasteiger partial charge on any atom is -0.496 e. The van der Waals surface area contributed by atoms with Crippen molar-refractivity contribution in [2.45, 2.75) is 52.1 Å². The van der Waals surface area contributed by atoms with E-state index in [0.29, 0.717) is 11.8 Å². The van der Waals surface area contributed by atoms with Gasteiger partial charge < -0.3 is 9.84 Å². The van der Waals surface area contributed by atoms with Crippen LogP contribution in [0.4, 0.5) is 0 Å². The average molecular weight is 262 g/mol. The number of hydrogen-bond acceptors (Lipinski definition) is 2. The summed E-state index contributed by atoms with van der Waals surface area (Å²) in [7, 11) is 1.69. The molecule has 0 bridgehead atoms. The minimum absolute atomic E-state index is 0.324. The second kappa shape index (κ2) is 6.42.